The van der Waals surface area contributed by atoms with Crippen LogP contribution in [0, 0.1) is 0 Å². The highest BCUT2D eigenvalue weighted by atomic mass is 32.2. The average Bonchev–Trinajstić information content (AvgIpc) is 2.24. The quantitative estimate of drug-likeness (QED) is 0.880. The van der Waals surface area contributed by atoms with Crippen molar-refractivity contribution in [1.82, 2.24) is 4.31 Å². The van der Waals surface area contributed by atoms with Gasteiger partial charge in [-0.3, -0.25) is 0 Å². The van der Waals surface area contributed by atoms with E-state index in [1.165, 1.54) is 0 Å². The number of halogens is 3. The molecule has 0 radical (unpaired) electrons. The van der Waals surface area contributed by atoms with Gasteiger partial charge in [0.15, 0.2) is 0 Å². The van der Waals surface area contributed by atoms with Crippen LogP contribution in [-0.2, 0) is 16.2 Å². The van der Waals surface area contributed by atoms with Crippen LogP contribution in [0.15, 0.2) is 29.2 Å². The Kier molecular flexibility index (Phi) is 3.12. The number of hydrogen-bond acceptors (Lipinski definition) is 3. The Balaban J connectivity index is 2.25. The normalized spacial score (nSPS) is 18.7. The maximum Gasteiger partial charge on any atom is 0.416 e. The first-order valence-electron chi connectivity index (χ1n) is 5.14. The zero-order valence-corrected chi connectivity index (χ0v) is 10.0. The van der Waals surface area contributed by atoms with Gasteiger partial charge in [-0.1, -0.05) is 0 Å². The smallest absolute Gasteiger partial charge is 0.325 e. The summed E-state index contributed by atoms with van der Waals surface area (Å²) in [6, 6.07) is 3.23. The molecule has 0 spiro atoms. The number of nitrogens with zero attached hydrogens (tertiary/aromatic N) is 1. The molecular weight excluding hydrogens is 269 g/mol. The van der Waals surface area contributed by atoms with Gasteiger partial charge < -0.3 is 5.73 Å². The third kappa shape index (κ3) is 2.36. The van der Waals surface area contributed by atoms with Gasteiger partial charge >= 0.3 is 6.18 Å². The average molecular weight is 280 g/mol. The molecule has 1 aliphatic rings. The Morgan fingerprint density at radius 3 is 2.06 bits per heavy atom. The first kappa shape index (κ1) is 13.3. The van der Waals surface area contributed by atoms with Gasteiger partial charge in [0.25, 0.3) is 0 Å². The number of rotatable bonds is 2. The number of benzene rings is 1. The van der Waals surface area contributed by atoms with E-state index in [1.54, 1.807) is 0 Å². The van der Waals surface area contributed by atoms with Gasteiger partial charge in [0.2, 0.25) is 10.0 Å². The van der Waals surface area contributed by atoms with E-state index in [0.29, 0.717) is 0 Å². The fourth-order valence-electron chi connectivity index (χ4n) is 1.63. The van der Waals surface area contributed by atoms with Crippen LogP contribution in [0.4, 0.5) is 13.2 Å². The van der Waals surface area contributed by atoms with E-state index < -0.39 is 21.8 Å². The number of alkyl halides is 3. The number of hydrogen-bond donors (Lipinski definition) is 1. The lowest BCUT2D eigenvalue weighted by Gasteiger charge is -2.35. The maximum atomic E-state index is 12.3. The second-order valence-electron chi connectivity index (χ2n) is 4.10. The molecule has 0 aliphatic carbocycles. The van der Waals surface area contributed by atoms with Crippen LogP contribution in [0.5, 0.6) is 0 Å². The third-order valence-electron chi connectivity index (χ3n) is 2.70. The Labute approximate surface area is 102 Å². The first-order valence-corrected chi connectivity index (χ1v) is 6.58. The summed E-state index contributed by atoms with van der Waals surface area (Å²) in [6.45, 7) is 0.396. The van der Waals surface area contributed by atoms with Crippen LogP contribution in [0.1, 0.15) is 5.56 Å². The van der Waals surface area contributed by atoms with Crippen molar-refractivity contribution in [3.63, 3.8) is 0 Å². The molecule has 1 aromatic rings. The highest BCUT2D eigenvalue weighted by Gasteiger charge is 2.35. The number of sulfonamides is 1. The Morgan fingerprint density at radius 1 is 1.17 bits per heavy atom. The minimum atomic E-state index is -4.47. The fourth-order valence-corrected chi connectivity index (χ4v) is 3.18. The summed E-state index contributed by atoms with van der Waals surface area (Å²) in [5, 5.41) is 0. The molecule has 1 saturated heterocycles. The van der Waals surface area contributed by atoms with E-state index in [4.69, 9.17) is 5.73 Å². The fraction of sp³-hybridized carbons (Fsp3) is 0.400. The largest absolute Gasteiger partial charge is 0.416 e. The van der Waals surface area contributed by atoms with Gasteiger partial charge in [-0.2, -0.15) is 17.5 Å². The van der Waals surface area contributed by atoms with E-state index in [0.717, 1.165) is 28.6 Å². The van der Waals surface area contributed by atoms with Crippen molar-refractivity contribution in [1.29, 1.82) is 0 Å². The lowest BCUT2D eigenvalue weighted by molar-refractivity contribution is -0.137. The Hall–Kier alpha value is -1.12. The molecule has 0 unspecified atom stereocenters. The van der Waals surface area contributed by atoms with E-state index >= 15 is 0 Å². The zero-order valence-electron chi connectivity index (χ0n) is 9.18. The van der Waals surface area contributed by atoms with Crippen LogP contribution < -0.4 is 5.73 Å². The molecule has 100 valence electrons. The molecule has 18 heavy (non-hydrogen) atoms. The molecule has 2 rings (SSSR count). The van der Waals surface area contributed by atoms with Gasteiger partial charge in [-0.15, -0.1) is 0 Å². The molecule has 0 amide bonds. The summed E-state index contributed by atoms with van der Waals surface area (Å²) in [5.41, 5.74) is 4.60. The van der Waals surface area contributed by atoms with Crippen molar-refractivity contribution in [2.24, 2.45) is 5.73 Å². The molecule has 0 aromatic heterocycles. The van der Waals surface area contributed by atoms with Gasteiger partial charge in [-0.25, -0.2) is 8.42 Å². The second-order valence-corrected chi connectivity index (χ2v) is 6.04. The van der Waals surface area contributed by atoms with E-state index in [2.05, 4.69) is 0 Å². The summed E-state index contributed by atoms with van der Waals surface area (Å²) in [7, 11) is -3.71. The van der Waals surface area contributed by atoms with Crippen molar-refractivity contribution in [2.45, 2.75) is 17.1 Å². The van der Waals surface area contributed by atoms with Crippen molar-refractivity contribution < 1.29 is 21.6 Å². The minimum absolute atomic E-state index is 0.151. The van der Waals surface area contributed by atoms with Crippen LogP contribution in [0.25, 0.3) is 0 Å². The lowest BCUT2D eigenvalue weighted by atomic mass is 10.2. The minimum Gasteiger partial charge on any atom is -0.325 e. The summed E-state index contributed by atoms with van der Waals surface area (Å²) >= 11 is 0. The van der Waals surface area contributed by atoms with Crippen LogP contribution in [0.3, 0.4) is 0 Å². The summed E-state index contributed by atoms with van der Waals surface area (Å²) in [4.78, 5) is -0.151. The highest BCUT2D eigenvalue weighted by Crippen LogP contribution is 2.30. The van der Waals surface area contributed by atoms with Crippen molar-refractivity contribution in [3.05, 3.63) is 29.8 Å². The lowest BCUT2D eigenvalue weighted by Crippen LogP contribution is -2.57. The van der Waals surface area contributed by atoms with Crippen LogP contribution in [0.2, 0.25) is 0 Å². The Morgan fingerprint density at radius 2 is 1.67 bits per heavy atom. The van der Waals surface area contributed by atoms with Crippen molar-refractivity contribution >= 4 is 10.0 Å². The first-order chi connectivity index (χ1) is 8.21. The van der Waals surface area contributed by atoms with Gasteiger partial charge in [0, 0.05) is 19.1 Å². The van der Waals surface area contributed by atoms with Gasteiger partial charge in [0.1, 0.15) is 0 Å². The SMILES string of the molecule is NC1CN(S(=O)(=O)c2ccc(C(F)(F)F)cc2)C1. The predicted octanol–water partition coefficient (Wildman–Crippen LogP) is 1.04. The van der Waals surface area contributed by atoms with Crippen molar-refractivity contribution in [2.75, 3.05) is 13.1 Å². The van der Waals surface area contributed by atoms with E-state index in [9.17, 15) is 21.6 Å². The topological polar surface area (TPSA) is 63.4 Å². The molecule has 4 nitrogen and oxygen atoms in total. The molecule has 0 saturated carbocycles. The molecule has 2 N–H and O–H groups in total. The molecule has 8 heteroatoms. The molecule has 1 heterocycles. The van der Waals surface area contributed by atoms with Crippen LogP contribution >= 0.6 is 0 Å². The summed E-state index contributed by atoms with van der Waals surface area (Å²) in [6.07, 6.45) is -4.47. The van der Waals surface area contributed by atoms with Gasteiger partial charge in [-0.05, 0) is 24.3 Å². The molecular formula is C10H11F3N2O2S. The second kappa shape index (κ2) is 4.22. The summed E-state index contributed by atoms with van der Waals surface area (Å²) in [5.74, 6) is 0. The third-order valence-corrected chi connectivity index (χ3v) is 4.54. The number of nitrogens with two attached hydrogens (primary N) is 1. The zero-order chi connectivity index (χ0) is 13.6. The van der Waals surface area contributed by atoms with Gasteiger partial charge in [0.05, 0.1) is 10.5 Å². The molecule has 1 aromatic carbocycles. The van der Waals surface area contributed by atoms with Crippen LogP contribution in [-0.4, -0.2) is 31.9 Å². The molecule has 1 fully saturated rings. The monoisotopic (exact) mass is 280 g/mol. The molecule has 1 aliphatic heterocycles. The molecule has 0 atom stereocenters. The summed E-state index contributed by atoms with van der Waals surface area (Å²) < 4.78 is 61.9. The van der Waals surface area contributed by atoms with E-state index in [1.807, 2.05) is 0 Å². The standard InChI is InChI=1S/C10H11F3N2O2S/c11-10(12,13)7-1-3-9(4-2-7)18(16,17)15-5-8(14)6-15/h1-4,8H,5-6,14H2. The van der Waals surface area contributed by atoms with Crippen molar-refractivity contribution in [3.8, 4) is 0 Å². The van der Waals surface area contributed by atoms with E-state index in [-0.39, 0.29) is 24.0 Å². The molecule has 0 bridgehead atoms. The highest BCUT2D eigenvalue weighted by molar-refractivity contribution is 7.89. The predicted molar refractivity (Wildman–Crippen MR) is 58.2 cm³/mol. The maximum absolute atomic E-state index is 12.3. The Bertz CT molecular complexity index is 533.